The van der Waals surface area contributed by atoms with Crippen LogP contribution in [0.5, 0.6) is 0 Å². The highest BCUT2D eigenvalue weighted by molar-refractivity contribution is 5.50. The Balaban J connectivity index is 1.64. The first-order chi connectivity index (χ1) is 15.1. The molecule has 0 radical (unpaired) electrons. The quantitative estimate of drug-likeness (QED) is 0.497. The second-order valence-corrected chi connectivity index (χ2v) is 8.07. The fourth-order valence-corrected chi connectivity index (χ4v) is 4.84. The second-order valence-electron chi connectivity index (χ2n) is 8.07. The summed E-state index contributed by atoms with van der Waals surface area (Å²) in [6.07, 6.45) is -6.33. The Morgan fingerprint density at radius 1 is 0.906 bits per heavy atom. The molecule has 1 aromatic carbocycles. The van der Waals surface area contributed by atoms with Crippen LogP contribution in [0.25, 0.3) is 5.69 Å². The summed E-state index contributed by atoms with van der Waals surface area (Å²) in [5.74, 6) is 0.153. The number of pyridine rings is 1. The van der Waals surface area contributed by atoms with Crippen molar-refractivity contribution < 1.29 is 26.3 Å². The monoisotopic (exact) mass is 453 g/mol. The number of hydrogen-bond acceptors (Lipinski definition) is 4. The second kappa shape index (κ2) is 7.21. The topological polar surface area (TPSA) is 46.8 Å². The van der Waals surface area contributed by atoms with Crippen molar-refractivity contribution in [1.29, 1.82) is 0 Å². The van der Waals surface area contributed by atoms with E-state index in [1.807, 2.05) is 30.3 Å². The molecule has 3 heterocycles. The van der Waals surface area contributed by atoms with Crippen molar-refractivity contribution >= 4 is 5.82 Å². The summed E-state index contributed by atoms with van der Waals surface area (Å²) < 4.78 is 82.2. The summed E-state index contributed by atoms with van der Waals surface area (Å²) in [4.78, 5) is 5.20. The van der Waals surface area contributed by atoms with Crippen molar-refractivity contribution in [1.82, 2.24) is 19.7 Å². The maximum absolute atomic E-state index is 13.4. The molecule has 168 valence electrons. The zero-order valence-corrected chi connectivity index (χ0v) is 16.5. The fourth-order valence-electron chi connectivity index (χ4n) is 4.84. The van der Waals surface area contributed by atoms with Gasteiger partial charge in [0, 0.05) is 11.7 Å². The highest BCUT2D eigenvalue weighted by Crippen LogP contribution is 2.52. The average Bonchev–Trinajstić information content (AvgIpc) is 3.48. The number of piperidine rings is 1. The Morgan fingerprint density at radius 3 is 2.34 bits per heavy atom. The van der Waals surface area contributed by atoms with E-state index in [1.54, 1.807) is 9.47 Å². The number of rotatable bonds is 3. The normalized spacial score (nSPS) is 23.2. The van der Waals surface area contributed by atoms with Crippen LogP contribution in [0, 0.1) is 5.92 Å². The van der Waals surface area contributed by atoms with Crippen molar-refractivity contribution in [2.75, 3.05) is 4.90 Å². The Bertz CT molecular complexity index is 1090. The molecule has 0 amide bonds. The van der Waals surface area contributed by atoms with Crippen LogP contribution in [0.1, 0.15) is 42.4 Å². The first-order valence-electron chi connectivity index (χ1n) is 10.0. The van der Waals surface area contributed by atoms with Gasteiger partial charge in [-0.3, -0.25) is 4.57 Å². The average molecular weight is 453 g/mol. The van der Waals surface area contributed by atoms with Crippen molar-refractivity contribution in [3.63, 3.8) is 0 Å². The molecule has 1 saturated heterocycles. The number of benzene rings is 1. The number of hydrogen-bond donors (Lipinski definition) is 0. The van der Waals surface area contributed by atoms with Crippen LogP contribution in [-0.4, -0.2) is 25.8 Å². The van der Waals surface area contributed by atoms with E-state index in [0.717, 1.165) is 12.1 Å². The molecule has 5 nitrogen and oxygen atoms in total. The van der Waals surface area contributed by atoms with Crippen molar-refractivity contribution in [2.45, 2.75) is 43.7 Å². The van der Waals surface area contributed by atoms with Gasteiger partial charge in [0.05, 0.1) is 11.6 Å². The van der Waals surface area contributed by atoms with Gasteiger partial charge in [-0.1, -0.05) is 18.2 Å². The third-order valence-electron chi connectivity index (χ3n) is 6.15. The lowest BCUT2D eigenvalue weighted by molar-refractivity contribution is -0.145. The molecule has 3 aromatic rings. The maximum atomic E-state index is 13.4. The largest absolute Gasteiger partial charge is 0.433 e. The van der Waals surface area contributed by atoms with E-state index in [-0.39, 0.29) is 23.8 Å². The van der Waals surface area contributed by atoms with Crippen LogP contribution < -0.4 is 4.90 Å². The molecule has 2 aliphatic rings. The number of fused-ring (bicyclic) bond motifs is 2. The Hall–Kier alpha value is -3.11. The minimum absolute atomic E-state index is 0.0253. The zero-order valence-electron chi connectivity index (χ0n) is 16.5. The lowest BCUT2D eigenvalue weighted by Gasteiger charge is -2.36. The molecule has 1 aliphatic carbocycles. The molecule has 1 saturated carbocycles. The van der Waals surface area contributed by atoms with Gasteiger partial charge in [0.2, 0.25) is 0 Å². The van der Waals surface area contributed by atoms with Gasteiger partial charge in [0.1, 0.15) is 17.8 Å². The Kier molecular flexibility index (Phi) is 4.68. The first-order valence-corrected chi connectivity index (χ1v) is 10.0. The van der Waals surface area contributed by atoms with Crippen LogP contribution in [0.15, 0.2) is 48.8 Å². The lowest BCUT2D eigenvalue weighted by atomic mass is 9.97. The van der Waals surface area contributed by atoms with E-state index in [2.05, 4.69) is 15.2 Å². The zero-order chi connectivity index (χ0) is 22.7. The molecule has 0 N–H and O–H groups in total. The molecule has 0 spiro atoms. The summed E-state index contributed by atoms with van der Waals surface area (Å²) in [5.41, 5.74) is -2.18. The van der Waals surface area contributed by atoms with E-state index < -0.39 is 29.7 Å². The van der Waals surface area contributed by atoms with E-state index in [4.69, 9.17) is 0 Å². The first kappa shape index (κ1) is 20.8. The Morgan fingerprint density at radius 2 is 1.66 bits per heavy atom. The number of aromatic nitrogens is 4. The van der Waals surface area contributed by atoms with Crippen LogP contribution in [0.2, 0.25) is 0 Å². The molecule has 3 atom stereocenters. The predicted molar refractivity (Wildman–Crippen MR) is 102 cm³/mol. The van der Waals surface area contributed by atoms with Gasteiger partial charge in [-0.05, 0) is 49.4 Å². The summed E-state index contributed by atoms with van der Waals surface area (Å²) in [6, 6.07) is 9.14. The smallest absolute Gasteiger partial charge is 0.343 e. The highest BCUT2D eigenvalue weighted by atomic mass is 19.4. The molecule has 11 heteroatoms. The number of para-hydroxylation sites is 1. The number of halogens is 6. The van der Waals surface area contributed by atoms with Crippen LogP contribution >= 0.6 is 0 Å². The van der Waals surface area contributed by atoms with Gasteiger partial charge in [0.15, 0.2) is 5.82 Å². The van der Waals surface area contributed by atoms with Gasteiger partial charge < -0.3 is 4.90 Å². The lowest BCUT2D eigenvalue weighted by Crippen LogP contribution is -2.37. The van der Waals surface area contributed by atoms with Gasteiger partial charge in [-0.15, -0.1) is 10.2 Å². The van der Waals surface area contributed by atoms with Crippen LogP contribution in [0.3, 0.4) is 0 Å². The molecule has 2 aromatic heterocycles. The molecule has 5 rings (SSSR count). The van der Waals surface area contributed by atoms with Gasteiger partial charge in [-0.2, -0.15) is 26.3 Å². The van der Waals surface area contributed by atoms with Crippen LogP contribution in [0.4, 0.5) is 32.2 Å². The molecule has 2 bridgehead atoms. The summed E-state index contributed by atoms with van der Waals surface area (Å²) in [5, 5.41) is 8.18. The van der Waals surface area contributed by atoms with E-state index in [9.17, 15) is 26.3 Å². The van der Waals surface area contributed by atoms with Crippen molar-refractivity contribution in [2.24, 2.45) is 5.92 Å². The minimum Gasteiger partial charge on any atom is -0.343 e. The summed E-state index contributed by atoms with van der Waals surface area (Å²) >= 11 is 0. The molecular formula is C21H17F6N5. The minimum atomic E-state index is -5.01. The number of alkyl halides is 6. The Labute approximate surface area is 178 Å². The fraction of sp³-hybridized carbons (Fsp3) is 0.381. The predicted octanol–water partition coefficient (Wildman–Crippen LogP) is 5.43. The molecule has 1 aliphatic heterocycles. The third-order valence-corrected chi connectivity index (χ3v) is 6.15. The summed E-state index contributed by atoms with van der Waals surface area (Å²) in [6.45, 7) is 0. The van der Waals surface area contributed by atoms with Crippen molar-refractivity contribution in [3.8, 4) is 5.69 Å². The van der Waals surface area contributed by atoms with Crippen LogP contribution in [-0.2, 0) is 12.4 Å². The molecular weight excluding hydrogens is 436 g/mol. The van der Waals surface area contributed by atoms with E-state index >= 15 is 0 Å². The van der Waals surface area contributed by atoms with Gasteiger partial charge in [0.25, 0.3) is 0 Å². The maximum Gasteiger partial charge on any atom is 0.433 e. The van der Waals surface area contributed by atoms with E-state index in [1.165, 1.54) is 6.33 Å². The number of nitrogens with zero attached hydrogens (tertiary/aromatic N) is 5. The molecule has 0 unspecified atom stereocenters. The summed E-state index contributed by atoms with van der Waals surface area (Å²) in [7, 11) is 0. The van der Waals surface area contributed by atoms with Crippen molar-refractivity contribution in [3.05, 3.63) is 65.9 Å². The van der Waals surface area contributed by atoms with E-state index in [0.29, 0.717) is 24.7 Å². The SMILES string of the molecule is FC(F)(F)c1cc(N2[C@@H]3CC[C@@H](C3)[C@H]2c2nncn2-c2ccccc2)nc(C(F)(F)F)c1. The van der Waals surface area contributed by atoms with Gasteiger partial charge >= 0.3 is 12.4 Å². The highest BCUT2D eigenvalue weighted by Gasteiger charge is 2.50. The molecule has 2 fully saturated rings. The number of anilines is 1. The third kappa shape index (κ3) is 3.49. The van der Waals surface area contributed by atoms with Gasteiger partial charge in [-0.25, -0.2) is 4.98 Å². The standard InChI is InChI=1S/C21H17F6N5/c22-20(23,24)13-9-16(21(25,26)27)29-17(10-13)32-15-7-6-12(8-15)18(32)19-30-28-11-31(19)14-4-2-1-3-5-14/h1-5,9-12,15,18H,6-8H2/t12-,15+,18-/m0/s1. The molecule has 32 heavy (non-hydrogen) atoms.